The zero-order valence-corrected chi connectivity index (χ0v) is 15.1. The van der Waals surface area contributed by atoms with Crippen LogP contribution in [0.2, 0.25) is 0 Å². The lowest BCUT2D eigenvalue weighted by atomic mass is 10.1. The summed E-state index contributed by atoms with van der Waals surface area (Å²) >= 11 is 0. The van der Waals surface area contributed by atoms with Crippen LogP contribution in [0.5, 0.6) is 11.5 Å². The third-order valence-corrected chi connectivity index (χ3v) is 3.90. The molecule has 6 heteroatoms. The summed E-state index contributed by atoms with van der Waals surface area (Å²) in [6, 6.07) is 16.9. The quantitative estimate of drug-likeness (QED) is 0.647. The van der Waals surface area contributed by atoms with E-state index in [1.165, 1.54) is 6.08 Å². The van der Waals surface area contributed by atoms with E-state index in [2.05, 4.69) is 10.5 Å². The topological polar surface area (TPSA) is 73.6 Å². The van der Waals surface area contributed by atoms with Gasteiger partial charge in [0.25, 0.3) is 0 Å². The van der Waals surface area contributed by atoms with E-state index < -0.39 is 0 Å². The number of hydrogen-bond acceptors (Lipinski definition) is 5. The fourth-order valence-corrected chi connectivity index (χ4v) is 2.50. The van der Waals surface area contributed by atoms with Crippen LogP contribution in [0.4, 0.5) is 0 Å². The van der Waals surface area contributed by atoms with Crippen molar-refractivity contribution in [1.29, 1.82) is 0 Å². The van der Waals surface area contributed by atoms with E-state index in [1.807, 2.05) is 42.5 Å². The van der Waals surface area contributed by atoms with Gasteiger partial charge in [-0.2, -0.15) is 0 Å². The number of ether oxygens (including phenoxy) is 2. The number of benzene rings is 2. The molecule has 3 aromatic rings. The van der Waals surface area contributed by atoms with Crippen molar-refractivity contribution in [2.75, 3.05) is 14.2 Å². The smallest absolute Gasteiger partial charge is 0.244 e. The van der Waals surface area contributed by atoms with Gasteiger partial charge in [0.2, 0.25) is 5.91 Å². The molecule has 0 radical (unpaired) electrons. The SMILES string of the molecule is COc1ccc(/C=C\C(=O)NCc2cc(-c3ccccc3)on2)cc1OC. The van der Waals surface area contributed by atoms with Crippen molar-refractivity contribution < 1.29 is 18.8 Å². The average Bonchev–Trinajstić information content (AvgIpc) is 3.20. The van der Waals surface area contributed by atoms with Crippen LogP contribution in [0.25, 0.3) is 17.4 Å². The Bertz CT molecular complexity index is 932. The monoisotopic (exact) mass is 364 g/mol. The predicted molar refractivity (Wildman–Crippen MR) is 102 cm³/mol. The fraction of sp³-hybridized carbons (Fsp3) is 0.143. The maximum absolute atomic E-state index is 12.0. The standard InChI is InChI=1S/C21H20N2O4/c1-25-18-10-8-15(12-20(18)26-2)9-11-21(24)22-14-17-13-19(27-23-17)16-6-4-3-5-7-16/h3-13H,14H2,1-2H3,(H,22,24)/b11-9-. The molecule has 0 atom stereocenters. The van der Waals surface area contributed by atoms with Crippen molar-refractivity contribution in [3.8, 4) is 22.8 Å². The molecular formula is C21H20N2O4. The lowest BCUT2D eigenvalue weighted by molar-refractivity contribution is -0.116. The number of aromatic nitrogens is 1. The molecule has 2 aromatic carbocycles. The highest BCUT2D eigenvalue weighted by Crippen LogP contribution is 2.28. The van der Waals surface area contributed by atoms with Gasteiger partial charge in [0.1, 0.15) is 5.69 Å². The molecule has 0 saturated heterocycles. The Morgan fingerprint density at radius 1 is 1.07 bits per heavy atom. The Kier molecular flexibility index (Phi) is 5.89. The Labute approximate surface area is 157 Å². The van der Waals surface area contributed by atoms with Crippen LogP contribution in [0.15, 0.2) is 65.2 Å². The van der Waals surface area contributed by atoms with Gasteiger partial charge in [0.15, 0.2) is 17.3 Å². The summed E-state index contributed by atoms with van der Waals surface area (Å²) in [5, 5.41) is 6.76. The van der Waals surface area contributed by atoms with E-state index >= 15 is 0 Å². The van der Waals surface area contributed by atoms with E-state index in [9.17, 15) is 4.79 Å². The largest absolute Gasteiger partial charge is 0.493 e. The molecule has 0 aliphatic carbocycles. The normalized spacial score (nSPS) is 10.7. The lowest BCUT2D eigenvalue weighted by Crippen LogP contribution is -2.20. The molecule has 27 heavy (non-hydrogen) atoms. The van der Waals surface area contributed by atoms with Gasteiger partial charge in [-0.1, -0.05) is 41.6 Å². The van der Waals surface area contributed by atoms with Gasteiger partial charge >= 0.3 is 0 Å². The summed E-state index contributed by atoms with van der Waals surface area (Å²) in [6.07, 6.45) is 3.16. The van der Waals surface area contributed by atoms with Gasteiger partial charge in [-0.15, -0.1) is 0 Å². The predicted octanol–water partition coefficient (Wildman–Crippen LogP) is 3.69. The van der Waals surface area contributed by atoms with Crippen molar-refractivity contribution >= 4 is 12.0 Å². The molecule has 0 fully saturated rings. The number of carbonyl (C=O) groups is 1. The number of carbonyl (C=O) groups excluding carboxylic acids is 1. The average molecular weight is 364 g/mol. The molecule has 138 valence electrons. The van der Waals surface area contributed by atoms with Crippen molar-refractivity contribution in [1.82, 2.24) is 10.5 Å². The first-order chi connectivity index (χ1) is 13.2. The summed E-state index contributed by atoms with van der Waals surface area (Å²) in [5.74, 6) is 1.69. The zero-order chi connectivity index (χ0) is 19.1. The Morgan fingerprint density at radius 2 is 1.85 bits per heavy atom. The van der Waals surface area contributed by atoms with Crippen LogP contribution in [0, 0.1) is 0 Å². The molecule has 0 spiro atoms. The molecule has 0 aliphatic heterocycles. The highest BCUT2D eigenvalue weighted by atomic mass is 16.5. The second-order valence-corrected chi connectivity index (χ2v) is 5.71. The van der Waals surface area contributed by atoms with E-state index in [0.29, 0.717) is 23.0 Å². The first-order valence-corrected chi connectivity index (χ1v) is 8.38. The molecule has 0 saturated carbocycles. The van der Waals surface area contributed by atoms with Gasteiger partial charge in [-0.05, 0) is 23.8 Å². The Balaban J connectivity index is 1.57. The number of nitrogens with zero attached hydrogens (tertiary/aromatic N) is 1. The summed E-state index contributed by atoms with van der Waals surface area (Å²) in [6.45, 7) is 0.283. The van der Waals surface area contributed by atoms with Crippen LogP contribution in [0.3, 0.4) is 0 Å². The van der Waals surface area contributed by atoms with Gasteiger partial charge in [-0.3, -0.25) is 4.79 Å². The number of amides is 1. The Hall–Kier alpha value is -3.54. The van der Waals surface area contributed by atoms with Gasteiger partial charge in [-0.25, -0.2) is 0 Å². The van der Waals surface area contributed by atoms with Crippen molar-refractivity contribution in [3.05, 3.63) is 71.9 Å². The minimum atomic E-state index is -0.228. The Morgan fingerprint density at radius 3 is 2.59 bits per heavy atom. The van der Waals surface area contributed by atoms with Crippen molar-refractivity contribution in [2.45, 2.75) is 6.54 Å². The number of nitrogens with one attached hydrogen (secondary N) is 1. The highest BCUT2D eigenvalue weighted by Gasteiger charge is 2.07. The molecule has 3 rings (SSSR count). The summed E-state index contributed by atoms with van der Waals surface area (Å²) < 4.78 is 15.8. The summed E-state index contributed by atoms with van der Waals surface area (Å²) in [5.41, 5.74) is 2.42. The third kappa shape index (κ3) is 4.76. The lowest BCUT2D eigenvalue weighted by Gasteiger charge is -2.07. The van der Waals surface area contributed by atoms with Gasteiger partial charge < -0.3 is 19.3 Å². The maximum Gasteiger partial charge on any atom is 0.244 e. The highest BCUT2D eigenvalue weighted by molar-refractivity contribution is 5.91. The minimum Gasteiger partial charge on any atom is -0.493 e. The first kappa shape index (κ1) is 18.3. The van der Waals surface area contributed by atoms with Gasteiger partial charge in [0.05, 0.1) is 20.8 Å². The van der Waals surface area contributed by atoms with E-state index in [1.54, 1.807) is 32.4 Å². The molecule has 6 nitrogen and oxygen atoms in total. The molecule has 1 amide bonds. The number of methoxy groups -OCH3 is 2. The molecular weight excluding hydrogens is 344 g/mol. The van der Waals surface area contributed by atoms with Gasteiger partial charge in [0, 0.05) is 17.7 Å². The van der Waals surface area contributed by atoms with Crippen LogP contribution in [-0.4, -0.2) is 25.3 Å². The van der Waals surface area contributed by atoms with Crippen LogP contribution >= 0.6 is 0 Å². The molecule has 1 heterocycles. The van der Waals surface area contributed by atoms with E-state index in [4.69, 9.17) is 14.0 Å². The second kappa shape index (κ2) is 8.71. The molecule has 0 unspecified atom stereocenters. The van der Waals surface area contributed by atoms with Crippen LogP contribution in [0.1, 0.15) is 11.3 Å². The second-order valence-electron chi connectivity index (χ2n) is 5.71. The molecule has 0 bridgehead atoms. The molecule has 0 aliphatic rings. The third-order valence-electron chi connectivity index (χ3n) is 3.90. The first-order valence-electron chi connectivity index (χ1n) is 8.38. The van der Waals surface area contributed by atoms with E-state index in [0.717, 1.165) is 11.1 Å². The summed E-state index contributed by atoms with van der Waals surface area (Å²) in [7, 11) is 3.15. The van der Waals surface area contributed by atoms with Crippen LogP contribution < -0.4 is 14.8 Å². The minimum absolute atomic E-state index is 0.228. The maximum atomic E-state index is 12.0. The van der Waals surface area contributed by atoms with E-state index in [-0.39, 0.29) is 12.5 Å². The number of rotatable bonds is 7. The van der Waals surface area contributed by atoms with Crippen LogP contribution in [-0.2, 0) is 11.3 Å². The number of hydrogen-bond donors (Lipinski definition) is 1. The zero-order valence-electron chi connectivity index (χ0n) is 15.1. The fourth-order valence-electron chi connectivity index (χ4n) is 2.50. The molecule has 1 aromatic heterocycles. The summed E-state index contributed by atoms with van der Waals surface area (Å²) in [4.78, 5) is 12.0. The molecule has 1 N–H and O–H groups in total. The van der Waals surface area contributed by atoms with Crippen molar-refractivity contribution in [2.24, 2.45) is 0 Å². The van der Waals surface area contributed by atoms with Crippen molar-refractivity contribution in [3.63, 3.8) is 0 Å².